The van der Waals surface area contributed by atoms with Crippen molar-refractivity contribution in [3.05, 3.63) is 54.1 Å². The Morgan fingerprint density at radius 3 is 2.79 bits per heavy atom. The van der Waals surface area contributed by atoms with Gasteiger partial charge < -0.3 is 10.4 Å². The number of fused-ring (bicyclic) bond motifs is 1. The molecular formula is C19H19N5O4S. The SMILES string of the molecule is O=C(NCc1cccnc1)c1nc(N2CCCCS2(=O)=O)c2cccnc2c1O. The van der Waals surface area contributed by atoms with Crippen LogP contribution in [0, 0.1) is 0 Å². The van der Waals surface area contributed by atoms with Crippen molar-refractivity contribution >= 4 is 32.7 Å². The van der Waals surface area contributed by atoms with Crippen molar-refractivity contribution in [1.29, 1.82) is 0 Å². The van der Waals surface area contributed by atoms with E-state index in [4.69, 9.17) is 0 Å². The van der Waals surface area contributed by atoms with E-state index >= 15 is 0 Å². The van der Waals surface area contributed by atoms with Gasteiger partial charge in [0.2, 0.25) is 10.0 Å². The normalized spacial score (nSPS) is 15.9. The number of pyridine rings is 3. The van der Waals surface area contributed by atoms with Crippen LogP contribution in [0.5, 0.6) is 5.75 Å². The first-order valence-corrected chi connectivity index (χ1v) is 10.7. The summed E-state index contributed by atoms with van der Waals surface area (Å²) in [5.74, 6) is -0.894. The molecule has 1 amide bonds. The van der Waals surface area contributed by atoms with Crippen LogP contribution in [0.15, 0.2) is 42.9 Å². The van der Waals surface area contributed by atoms with Gasteiger partial charge in [0.15, 0.2) is 17.3 Å². The smallest absolute Gasteiger partial charge is 0.274 e. The van der Waals surface area contributed by atoms with Gasteiger partial charge in [-0.05, 0) is 36.6 Å². The number of anilines is 1. The number of nitrogens with one attached hydrogen (secondary N) is 1. The molecule has 150 valence electrons. The molecule has 2 N–H and O–H groups in total. The molecule has 0 unspecified atom stereocenters. The molecule has 1 aliphatic rings. The number of nitrogens with zero attached hydrogens (tertiary/aromatic N) is 4. The van der Waals surface area contributed by atoms with Crippen molar-refractivity contribution in [2.75, 3.05) is 16.6 Å². The van der Waals surface area contributed by atoms with Crippen molar-refractivity contribution in [1.82, 2.24) is 20.3 Å². The van der Waals surface area contributed by atoms with Crippen LogP contribution in [0.25, 0.3) is 10.9 Å². The van der Waals surface area contributed by atoms with E-state index in [0.29, 0.717) is 18.2 Å². The molecule has 10 heteroatoms. The highest BCUT2D eigenvalue weighted by atomic mass is 32.2. The first-order valence-electron chi connectivity index (χ1n) is 9.12. The molecule has 4 rings (SSSR count). The second kappa shape index (κ2) is 7.63. The summed E-state index contributed by atoms with van der Waals surface area (Å²) in [6.07, 6.45) is 5.96. The molecule has 9 nitrogen and oxygen atoms in total. The first-order chi connectivity index (χ1) is 14.0. The fraction of sp³-hybridized carbons (Fsp3) is 0.263. The van der Waals surface area contributed by atoms with Crippen molar-refractivity contribution in [3.8, 4) is 5.75 Å². The Kier molecular flexibility index (Phi) is 5.01. The highest BCUT2D eigenvalue weighted by Gasteiger charge is 2.31. The minimum absolute atomic E-state index is 0.0137. The third kappa shape index (κ3) is 3.70. The van der Waals surface area contributed by atoms with Gasteiger partial charge in [-0.3, -0.25) is 19.1 Å². The summed E-state index contributed by atoms with van der Waals surface area (Å²) in [5, 5.41) is 13.7. The minimum Gasteiger partial charge on any atom is -0.504 e. The molecule has 0 aromatic carbocycles. The van der Waals surface area contributed by atoms with Gasteiger partial charge in [-0.15, -0.1) is 0 Å². The minimum atomic E-state index is -3.56. The van der Waals surface area contributed by atoms with Gasteiger partial charge in [0, 0.05) is 37.1 Å². The lowest BCUT2D eigenvalue weighted by atomic mass is 10.2. The summed E-state index contributed by atoms with van der Waals surface area (Å²) in [7, 11) is -3.56. The lowest BCUT2D eigenvalue weighted by Gasteiger charge is -2.28. The van der Waals surface area contributed by atoms with Gasteiger partial charge in [0.25, 0.3) is 5.91 Å². The number of aromatic hydroxyl groups is 1. The molecule has 0 bridgehead atoms. The van der Waals surface area contributed by atoms with Gasteiger partial charge in [0.1, 0.15) is 5.52 Å². The van der Waals surface area contributed by atoms with Crippen LogP contribution >= 0.6 is 0 Å². The summed E-state index contributed by atoms with van der Waals surface area (Å²) >= 11 is 0. The Bertz CT molecular complexity index is 1170. The molecular weight excluding hydrogens is 394 g/mol. The van der Waals surface area contributed by atoms with Gasteiger partial charge in [-0.25, -0.2) is 13.4 Å². The van der Waals surface area contributed by atoms with Crippen molar-refractivity contribution in [3.63, 3.8) is 0 Å². The fourth-order valence-corrected chi connectivity index (χ4v) is 4.85. The summed E-state index contributed by atoms with van der Waals surface area (Å²) < 4.78 is 26.4. The molecule has 0 saturated carbocycles. The largest absolute Gasteiger partial charge is 0.504 e. The third-order valence-corrected chi connectivity index (χ3v) is 6.52. The molecule has 0 atom stereocenters. The fourth-order valence-electron chi connectivity index (χ4n) is 3.25. The Hall–Kier alpha value is -3.27. The average Bonchev–Trinajstić information content (AvgIpc) is 2.73. The zero-order valence-corrected chi connectivity index (χ0v) is 16.3. The van der Waals surface area contributed by atoms with Crippen LogP contribution in [0.2, 0.25) is 0 Å². The van der Waals surface area contributed by atoms with Crippen LogP contribution in [-0.4, -0.2) is 46.7 Å². The maximum Gasteiger partial charge on any atom is 0.274 e. The molecule has 29 heavy (non-hydrogen) atoms. The van der Waals surface area contributed by atoms with E-state index in [0.717, 1.165) is 5.56 Å². The molecule has 3 aromatic rings. The van der Waals surface area contributed by atoms with Gasteiger partial charge in [0.05, 0.1) is 5.75 Å². The maximum atomic E-state index is 12.7. The second-order valence-electron chi connectivity index (χ2n) is 6.67. The standard InChI is InChI=1S/C19H19N5O4S/c25-17-15-14(6-4-8-21-15)18(24-9-1-2-10-29(24,27)28)23-16(17)19(26)22-12-13-5-3-7-20-11-13/h3-8,11,25H,1-2,9-10,12H2,(H,22,26). The Balaban J connectivity index is 1.76. The van der Waals surface area contributed by atoms with E-state index in [2.05, 4.69) is 20.3 Å². The monoisotopic (exact) mass is 413 g/mol. The number of carbonyl (C=O) groups is 1. The predicted octanol–water partition coefficient (Wildman–Crippen LogP) is 1.59. The molecule has 1 saturated heterocycles. The Morgan fingerprint density at radius 1 is 1.21 bits per heavy atom. The van der Waals surface area contributed by atoms with Crippen LogP contribution in [-0.2, 0) is 16.6 Å². The molecule has 1 aliphatic heterocycles. The lowest BCUT2D eigenvalue weighted by Crippen LogP contribution is -2.39. The molecule has 0 radical (unpaired) electrons. The predicted molar refractivity (Wildman–Crippen MR) is 107 cm³/mol. The third-order valence-electron chi connectivity index (χ3n) is 4.69. The van der Waals surface area contributed by atoms with E-state index in [1.807, 2.05) is 0 Å². The number of rotatable bonds is 4. The van der Waals surface area contributed by atoms with Crippen LogP contribution < -0.4 is 9.62 Å². The Labute approximate surface area is 167 Å². The zero-order chi connectivity index (χ0) is 20.4. The number of sulfonamides is 1. The van der Waals surface area contributed by atoms with E-state index in [1.54, 1.807) is 36.7 Å². The lowest BCUT2D eigenvalue weighted by molar-refractivity contribution is 0.0943. The number of carbonyl (C=O) groups excluding carboxylic acids is 1. The number of hydrogen-bond donors (Lipinski definition) is 2. The van der Waals surface area contributed by atoms with Gasteiger partial charge in [-0.1, -0.05) is 6.07 Å². The molecule has 0 aliphatic carbocycles. The number of aromatic nitrogens is 3. The quantitative estimate of drug-likeness (QED) is 0.665. The van der Waals surface area contributed by atoms with E-state index in [-0.39, 0.29) is 41.6 Å². The van der Waals surface area contributed by atoms with Crippen LogP contribution in [0.4, 0.5) is 5.82 Å². The van der Waals surface area contributed by atoms with Crippen molar-refractivity contribution in [2.24, 2.45) is 0 Å². The maximum absolute atomic E-state index is 12.7. The van der Waals surface area contributed by atoms with Gasteiger partial charge >= 0.3 is 0 Å². The summed E-state index contributed by atoms with van der Waals surface area (Å²) in [5.41, 5.74) is 0.638. The highest BCUT2D eigenvalue weighted by Crippen LogP contribution is 2.34. The highest BCUT2D eigenvalue weighted by molar-refractivity contribution is 7.92. The first kappa shape index (κ1) is 19.1. The topological polar surface area (TPSA) is 125 Å². The molecule has 4 heterocycles. The Morgan fingerprint density at radius 2 is 2.03 bits per heavy atom. The van der Waals surface area contributed by atoms with Crippen molar-refractivity contribution in [2.45, 2.75) is 19.4 Å². The van der Waals surface area contributed by atoms with Crippen LogP contribution in [0.1, 0.15) is 28.9 Å². The molecule has 3 aromatic heterocycles. The second-order valence-corrected chi connectivity index (χ2v) is 8.68. The van der Waals surface area contributed by atoms with E-state index in [1.165, 1.54) is 10.5 Å². The van der Waals surface area contributed by atoms with Crippen LogP contribution in [0.3, 0.4) is 0 Å². The average molecular weight is 413 g/mol. The zero-order valence-electron chi connectivity index (χ0n) is 15.4. The summed E-state index contributed by atoms with van der Waals surface area (Å²) in [6.45, 7) is 0.451. The number of amides is 1. The molecule has 0 spiro atoms. The van der Waals surface area contributed by atoms with E-state index < -0.39 is 15.9 Å². The summed E-state index contributed by atoms with van der Waals surface area (Å²) in [4.78, 5) is 25.1. The molecule has 1 fully saturated rings. The van der Waals surface area contributed by atoms with Crippen molar-refractivity contribution < 1.29 is 18.3 Å². The number of hydrogen-bond acceptors (Lipinski definition) is 7. The summed E-state index contributed by atoms with van der Waals surface area (Å²) in [6, 6.07) is 6.81. The van der Waals surface area contributed by atoms with Gasteiger partial charge in [-0.2, -0.15) is 0 Å². The van der Waals surface area contributed by atoms with E-state index in [9.17, 15) is 18.3 Å².